The first-order valence-electron chi connectivity index (χ1n) is 10.6. The van der Waals surface area contributed by atoms with E-state index in [-0.39, 0.29) is 0 Å². The maximum Gasteiger partial charge on any atom is 0.234 e. The smallest absolute Gasteiger partial charge is 0.234 e. The van der Waals surface area contributed by atoms with E-state index in [4.69, 9.17) is 19.6 Å². The number of nitriles is 1. The lowest BCUT2D eigenvalue weighted by atomic mass is 10.0. The largest absolute Gasteiger partial charge is 0.495 e. The van der Waals surface area contributed by atoms with Crippen molar-refractivity contribution in [2.24, 2.45) is 5.16 Å². The van der Waals surface area contributed by atoms with Crippen molar-refractivity contribution in [2.75, 3.05) is 20.3 Å². The van der Waals surface area contributed by atoms with Gasteiger partial charge >= 0.3 is 0 Å². The first-order valence-corrected chi connectivity index (χ1v) is 10.6. The predicted molar refractivity (Wildman–Crippen MR) is 123 cm³/mol. The number of aromatic nitrogens is 2. The number of nitrogens with zero attached hydrogens (tertiary/aromatic N) is 5. The van der Waals surface area contributed by atoms with Crippen molar-refractivity contribution < 1.29 is 14.3 Å². The Morgan fingerprint density at radius 3 is 2.73 bits per heavy atom. The number of ether oxygens (including phenoxy) is 2. The maximum absolute atomic E-state index is 9.09. The predicted octanol–water partition coefficient (Wildman–Crippen LogP) is 3.95. The summed E-state index contributed by atoms with van der Waals surface area (Å²) in [5, 5.41) is 13.4. The highest BCUT2D eigenvalue weighted by atomic mass is 16.7. The molecule has 0 N–H and O–H groups in total. The average molecular weight is 441 g/mol. The minimum Gasteiger partial charge on any atom is -0.495 e. The lowest BCUT2D eigenvalue weighted by molar-refractivity contribution is -0.0967. The number of benzene rings is 2. The topological polar surface area (TPSA) is 84.9 Å². The summed E-state index contributed by atoms with van der Waals surface area (Å²) in [7, 11) is 1.65. The number of imidazole rings is 1. The number of morpholine rings is 1. The summed E-state index contributed by atoms with van der Waals surface area (Å²) in [4.78, 5) is 12.3. The van der Waals surface area contributed by atoms with Crippen LogP contribution in [0.5, 0.6) is 5.75 Å². The summed E-state index contributed by atoms with van der Waals surface area (Å²) >= 11 is 0. The summed E-state index contributed by atoms with van der Waals surface area (Å²) in [5.74, 6) is 2.00. The number of amidine groups is 1. The summed E-state index contributed by atoms with van der Waals surface area (Å²) in [6.45, 7) is 5.06. The lowest BCUT2D eigenvalue weighted by Gasteiger charge is -2.37. The highest BCUT2D eigenvalue weighted by Crippen LogP contribution is 2.38. The van der Waals surface area contributed by atoms with Crippen LogP contribution in [0.25, 0.3) is 11.8 Å². The molecule has 0 bridgehead atoms. The molecule has 0 aliphatic carbocycles. The molecule has 166 valence electrons. The number of hydrogen-bond acceptors (Lipinski definition) is 7. The van der Waals surface area contributed by atoms with Gasteiger partial charge in [-0.3, -0.25) is 0 Å². The Balaban J connectivity index is 1.45. The van der Waals surface area contributed by atoms with Gasteiger partial charge in [-0.25, -0.2) is 4.98 Å². The van der Waals surface area contributed by atoms with Gasteiger partial charge in [0, 0.05) is 18.7 Å². The maximum atomic E-state index is 9.09. The second-order valence-electron chi connectivity index (χ2n) is 8.04. The van der Waals surface area contributed by atoms with Gasteiger partial charge in [0.05, 0.1) is 43.0 Å². The molecule has 3 heterocycles. The van der Waals surface area contributed by atoms with E-state index in [0.717, 1.165) is 28.3 Å². The fraction of sp³-hybridized carbons (Fsp3) is 0.240. The molecule has 1 saturated heterocycles. The van der Waals surface area contributed by atoms with Crippen molar-refractivity contribution in [3.8, 4) is 17.5 Å². The highest BCUT2D eigenvalue weighted by Gasteiger charge is 2.46. The molecule has 1 aromatic heterocycles. The van der Waals surface area contributed by atoms with Gasteiger partial charge in [0.1, 0.15) is 12.4 Å². The van der Waals surface area contributed by atoms with Gasteiger partial charge in [-0.05, 0) is 42.8 Å². The third-order valence-electron chi connectivity index (χ3n) is 5.91. The van der Waals surface area contributed by atoms with Crippen LogP contribution in [0.3, 0.4) is 0 Å². The molecule has 2 aromatic carbocycles. The quantitative estimate of drug-likeness (QED) is 0.610. The highest BCUT2D eigenvalue weighted by molar-refractivity contribution is 6.01. The molecule has 8 nitrogen and oxygen atoms in total. The number of fused-ring (bicyclic) bond motifs is 1. The van der Waals surface area contributed by atoms with Crippen LogP contribution in [-0.4, -0.2) is 40.5 Å². The van der Waals surface area contributed by atoms with E-state index in [0.29, 0.717) is 30.3 Å². The molecule has 0 saturated carbocycles. The molecule has 2 aliphatic heterocycles. The Bertz CT molecular complexity index is 1300. The summed E-state index contributed by atoms with van der Waals surface area (Å²) < 4.78 is 13.5. The fourth-order valence-corrected chi connectivity index (χ4v) is 4.11. The van der Waals surface area contributed by atoms with Gasteiger partial charge in [0.15, 0.2) is 5.76 Å². The van der Waals surface area contributed by atoms with E-state index in [2.05, 4.69) is 21.1 Å². The van der Waals surface area contributed by atoms with Crippen molar-refractivity contribution in [2.45, 2.75) is 19.6 Å². The van der Waals surface area contributed by atoms with E-state index in [1.54, 1.807) is 25.6 Å². The molecule has 3 aromatic rings. The van der Waals surface area contributed by atoms with Gasteiger partial charge in [-0.15, -0.1) is 0 Å². The Morgan fingerprint density at radius 2 is 2.03 bits per heavy atom. The van der Waals surface area contributed by atoms with Crippen LogP contribution in [0.4, 0.5) is 0 Å². The molecule has 1 unspecified atom stereocenters. The molecule has 8 heteroatoms. The summed E-state index contributed by atoms with van der Waals surface area (Å²) in [5.41, 5.74) is 3.51. The Kier molecular flexibility index (Phi) is 5.02. The second-order valence-corrected chi connectivity index (χ2v) is 8.04. The van der Waals surface area contributed by atoms with Gasteiger partial charge in [0.2, 0.25) is 11.6 Å². The molecule has 1 fully saturated rings. The van der Waals surface area contributed by atoms with Gasteiger partial charge in [-0.2, -0.15) is 5.26 Å². The molecule has 1 atom stereocenters. The van der Waals surface area contributed by atoms with Crippen LogP contribution in [0.15, 0.2) is 65.9 Å². The van der Waals surface area contributed by atoms with E-state index in [9.17, 15) is 0 Å². The SMILES string of the molecule is COc1cc(C=C2OCCN3C2=NOC3(C)c2ccc(C#N)cc2)ccc1-n1cnc(C)c1. The van der Waals surface area contributed by atoms with E-state index in [1.807, 2.05) is 61.0 Å². The van der Waals surface area contributed by atoms with Crippen LogP contribution in [0.1, 0.15) is 29.3 Å². The zero-order valence-electron chi connectivity index (χ0n) is 18.6. The van der Waals surface area contributed by atoms with Crippen LogP contribution < -0.4 is 4.74 Å². The van der Waals surface area contributed by atoms with E-state index >= 15 is 0 Å². The molecular weight excluding hydrogens is 418 g/mol. The third-order valence-corrected chi connectivity index (χ3v) is 5.91. The monoisotopic (exact) mass is 441 g/mol. The van der Waals surface area contributed by atoms with E-state index < -0.39 is 5.72 Å². The number of rotatable bonds is 4. The first-order chi connectivity index (χ1) is 16.0. The molecule has 2 aliphatic rings. The van der Waals surface area contributed by atoms with Crippen molar-refractivity contribution in [3.05, 3.63) is 83.1 Å². The third kappa shape index (κ3) is 3.57. The number of oxime groups is 1. The molecular formula is C25H23N5O3. The standard InChI is InChI=1S/C25H23N5O3/c1-17-15-29(16-27-17)21-9-6-19(12-22(21)31-3)13-23-24-28-33-25(2,30(24)10-11-32-23)20-7-4-18(14-26)5-8-20/h4-9,12-13,15-16H,10-11H2,1-3H3. The molecule has 0 radical (unpaired) electrons. The first kappa shape index (κ1) is 20.6. The number of aryl methyl sites for hydroxylation is 1. The molecule has 33 heavy (non-hydrogen) atoms. The molecule has 0 spiro atoms. The van der Waals surface area contributed by atoms with Gasteiger partial charge in [-0.1, -0.05) is 23.4 Å². The fourth-order valence-electron chi connectivity index (χ4n) is 4.11. The average Bonchev–Trinajstić information content (AvgIpc) is 3.43. The lowest BCUT2D eigenvalue weighted by Crippen LogP contribution is -2.48. The van der Waals surface area contributed by atoms with Crippen molar-refractivity contribution in [1.29, 1.82) is 5.26 Å². The normalized spacial score (nSPS) is 20.5. The summed E-state index contributed by atoms with van der Waals surface area (Å²) in [6.07, 6.45) is 5.65. The van der Waals surface area contributed by atoms with Crippen LogP contribution in [0.2, 0.25) is 0 Å². The van der Waals surface area contributed by atoms with Gasteiger partial charge < -0.3 is 23.8 Å². The summed E-state index contributed by atoms with van der Waals surface area (Å²) in [6, 6.07) is 15.5. The zero-order chi connectivity index (χ0) is 23.0. The minimum absolute atomic E-state index is 0.504. The Labute approximate surface area is 191 Å². The van der Waals surface area contributed by atoms with Gasteiger partial charge in [0.25, 0.3) is 0 Å². The van der Waals surface area contributed by atoms with Crippen LogP contribution in [-0.2, 0) is 15.3 Å². The Hall–Kier alpha value is -4.25. The molecule has 5 rings (SSSR count). The number of hydrogen-bond donors (Lipinski definition) is 0. The van der Waals surface area contributed by atoms with Crippen molar-refractivity contribution in [1.82, 2.24) is 14.5 Å². The number of methoxy groups -OCH3 is 1. The van der Waals surface area contributed by atoms with Crippen molar-refractivity contribution in [3.63, 3.8) is 0 Å². The van der Waals surface area contributed by atoms with Crippen LogP contribution in [0, 0.1) is 18.3 Å². The van der Waals surface area contributed by atoms with Crippen LogP contribution >= 0.6 is 0 Å². The zero-order valence-corrected chi connectivity index (χ0v) is 18.6. The van der Waals surface area contributed by atoms with Crippen molar-refractivity contribution >= 4 is 11.9 Å². The second kappa shape index (κ2) is 8.02. The molecule has 0 amide bonds. The Morgan fingerprint density at radius 1 is 1.21 bits per heavy atom. The minimum atomic E-state index is -0.771. The van der Waals surface area contributed by atoms with E-state index in [1.165, 1.54) is 0 Å².